The fourth-order valence-corrected chi connectivity index (χ4v) is 3.91. The molecule has 0 aliphatic carbocycles. The lowest BCUT2D eigenvalue weighted by atomic mass is 9.83. The number of para-hydroxylation sites is 1. The quantitative estimate of drug-likeness (QED) is 0.760. The number of benzene rings is 2. The highest BCUT2D eigenvalue weighted by Gasteiger charge is 2.38. The summed E-state index contributed by atoms with van der Waals surface area (Å²) in [6, 6.07) is 12.7. The van der Waals surface area contributed by atoms with Crippen LogP contribution in [0.4, 0.5) is 5.69 Å². The van der Waals surface area contributed by atoms with Gasteiger partial charge in [-0.15, -0.1) is 0 Å². The molecule has 2 aromatic carbocycles. The fraction of sp³-hybridized carbons (Fsp3) is 0.273. The van der Waals surface area contributed by atoms with Crippen molar-refractivity contribution in [3.05, 3.63) is 66.0 Å². The Bertz CT molecular complexity index is 972. The standard InChI is InChI=1S/C22H23N3O4/c1-28-18-8-7-14(11-19(18)29-2)22(27)16-12-21(26)25(20-13-23-9-10-24-20)17-6-4-3-5-15(16)17/h3-11,16,20,23-24H,12-13H2,1-2H3. The van der Waals surface area contributed by atoms with Crippen molar-refractivity contribution in [2.24, 2.45) is 0 Å². The lowest BCUT2D eigenvalue weighted by Crippen LogP contribution is -2.55. The van der Waals surface area contributed by atoms with Gasteiger partial charge in [-0.05, 0) is 29.8 Å². The number of hydrogen-bond donors (Lipinski definition) is 2. The number of anilines is 1. The molecule has 2 heterocycles. The van der Waals surface area contributed by atoms with Gasteiger partial charge in [0.05, 0.1) is 26.7 Å². The molecule has 2 unspecified atom stereocenters. The summed E-state index contributed by atoms with van der Waals surface area (Å²) in [6.07, 6.45) is 3.50. The van der Waals surface area contributed by atoms with Crippen LogP contribution in [0.5, 0.6) is 11.5 Å². The molecule has 0 saturated heterocycles. The molecule has 2 atom stereocenters. The average molecular weight is 393 g/mol. The zero-order chi connectivity index (χ0) is 20.4. The molecule has 2 aromatic rings. The van der Waals surface area contributed by atoms with Gasteiger partial charge in [-0.3, -0.25) is 14.5 Å². The summed E-state index contributed by atoms with van der Waals surface area (Å²) < 4.78 is 10.6. The first-order valence-corrected chi connectivity index (χ1v) is 9.45. The van der Waals surface area contributed by atoms with Crippen molar-refractivity contribution in [3.63, 3.8) is 0 Å². The van der Waals surface area contributed by atoms with E-state index in [0.29, 0.717) is 23.6 Å². The number of Topliss-reactive ketones (excluding diaryl/α,β-unsaturated/α-hetero) is 1. The Hall–Kier alpha value is -3.48. The highest BCUT2D eigenvalue weighted by atomic mass is 16.5. The molecule has 0 fully saturated rings. The Morgan fingerprint density at radius 2 is 1.86 bits per heavy atom. The lowest BCUT2D eigenvalue weighted by molar-refractivity contribution is -0.119. The normalized spacial score (nSPS) is 20.3. The van der Waals surface area contributed by atoms with Crippen LogP contribution in [0.3, 0.4) is 0 Å². The third-order valence-electron chi connectivity index (χ3n) is 5.32. The van der Waals surface area contributed by atoms with Crippen molar-refractivity contribution in [3.8, 4) is 11.5 Å². The van der Waals surface area contributed by atoms with Crippen LogP contribution in [0, 0.1) is 0 Å². The maximum Gasteiger partial charge on any atom is 0.229 e. The molecule has 4 rings (SSSR count). The summed E-state index contributed by atoms with van der Waals surface area (Å²) >= 11 is 0. The monoisotopic (exact) mass is 393 g/mol. The number of ketones is 1. The summed E-state index contributed by atoms with van der Waals surface area (Å²) in [6.45, 7) is 0.588. The van der Waals surface area contributed by atoms with Gasteiger partial charge in [0.15, 0.2) is 17.3 Å². The van der Waals surface area contributed by atoms with Gasteiger partial charge in [-0.2, -0.15) is 0 Å². The number of nitrogens with one attached hydrogen (secondary N) is 2. The van der Waals surface area contributed by atoms with Crippen molar-refractivity contribution < 1.29 is 19.1 Å². The van der Waals surface area contributed by atoms with Crippen molar-refractivity contribution in [2.75, 3.05) is 25.7 Å². The number of fused-ring (bicyclic) bond motifs is 1. The van der Waals surface area contributed by atoms with Gasteiger partial charge in [0.1, 0.15) is 6.17 Å². The smallest absolute Gasteiger partial charge is 0.229 e. The van der Waals surface area contributed by atoms with Crippen molar-refractivity contribution in [2.45, 2.75) is 18.5 Å². The summed E-state index contributed by atoms with van der Waals surface area (Å²) in [5.74, 6) is 0.303. The summed E-state index contributed by atoms with van der Waals surface area (Å²) in [7, 11) is 3.08. The second-order valence-corrected chi connectivity index (χ2v) is 6.94. The van der Waals surface area contributed by atoms with Crippen LogP contribution >= 0.6 is 0 Å². The predicted molar refractivity (Wildman–Crippen MR) is 109 cm³/mol. The zero-order valence-electron chi connectivity index (χ0n) is 16.3. The van der Waals surface area contributed by atoms with E-state index >= 15 is 0 Å². The molecule has 7 nitrogen and oxygen atoms in total. The number of hydrogen-bond acceptors (Lipinski definition) is 6. The zero-order valence-corrected chi connectivity index (χ0v) is 16.3. The molecule has 7 heteroatoms. The Morgan fingerprint density at radius 3 is 2.59 bits per heavy atom. The highest BCUT2D eigenvalue weighted by molar-refractivity contribution is 6.09. The minimum Gasteiger partial charge on any atom is -0.493 e. The van der Waals surface area contributed by atoms with E-state index in [1.54, 1.807) is 42.6 Å². The largest absolute Gasteiger partial charge is 0.493 e. The molecule has 1 amide bonds. The van der Waals surface area contributed by atoms with Gasteiger partial charge in [0.2, 0.25) is 5.91 Å². The Kier molecular flexibility index (Phi) is 5.12. The molecule has 2 aliphatic heterocycles. The number of amides is 1. The average Bonchev–Trinajstić information content (AvgIpc) is 2.78. The van der Waals surface area contributed by atoms with E-state index in [0.717, 1.165) is 11.3 Å². The fourth-order valence-electron chi connectivity index (χ4n) is 3.91. The predicted octanol–water partition coefficient (Wildman–Crippen LogP) is 2.40. The van der Waals surface area contributed by atoms with E-state index in [1.165, 1.54) is 7.11 Å². The summed E-state index contributed by atoms with van der Waals surface area (Å²) in [5, 5.41) is 6.35. The molecule has 0 bridgehead atoms. The SMILES string of the molecule is COc1ccc(C(=O)C2CC(=O)N(C3CNC=CN3)c3ccccc32)cc1OC. The summed E-state index contributed by atoms with van der Waals surface area (Å²) in [4.78, 5) is 28.2. The van der Waals surface area contributed by atoms with E-state index < -0.39 is 5.92 Å². The minimum absolute atomic E-state index is 0.0860. The Balaban J connectivity index is 1.70. The molecule has 0 radical (unpaired) electrons. The van der Waals surface area contributed by atoms with E-state index in [9.17, 15) is 9.59 Å². The van der Waals surface area contributed by atoms with Crippen LogP contribution < -0.4 is 25.0 Å². The van der Waals surface area contributed by atoms with E-state index in [1.807, 2.05) is 24.3 Å². The Morgan fingerprint density at radius 1 is 1.07 bits per heavy atom. The third-order valence-corrected chi connectivity index (χ3v) is 5.32. The minimum atomic E-state index is -0.542. The first-order valence-electron chi connectivity index (χ1n) is 9.45. The van der Waals surface area contributed by atoms with Crippen molar-refractivity contribution >= 4 is 17.4 Å². The van der Waals surface area contributed by atoms with Gasteiger partial charge in [-0.25, -0.2) is 0 Å². The van der Waals surface area contributed by atoms with Crippen molar-refractivity contribution in [1.82, 2.24) is 10.6 Å². The third kappa shape index (κ3) is 3.40. The first kappa shape index (κ1) is 18.9. The summed E-state index contributed by atoms with van der Waals surface area (Å²) in [5.41, 5.74) is 2.10. The topological polar surface area (TPSA) is 79.9 Å². The van der Waals surface area contributed by atoms with Gasteiger partial charge < -0.3 is 20.1 Å². The van der Waals surface area contributed by atoms with Gasteiger partial charge in [-0.1, -0.05) is 18.2 Å². The number of carbonyl (C=O) groups is 2. The molecular formula is C22H23N3O4. The first-order chi connectivity index (χ1) is 14.1. The second-order valence-electron chi connectivity index (χ2n) is 6.94. The number of carbonyl (C=O) groups excluding carboxylic acids is 2. The maximum atomic E-state index is 13.4. The second kappa shape index (κ2) is 7.87. The number of nitrogens with zero attached hydrogens (tertiary/aromatic N) is 1. The van der Waals surface area contributed by atoms with Crippen LogP contribution in [-0.2, 0) is 4.79 Å². The van der Waals surface area contributed by atoms with Gasteiger partial charge in [0.25, 0.3) is 0 Å². The van der Waals surface area contributed by atoms with Crippen LogP contribution in [-0.4, -0.2) is 38.6 Å². The number of ether oxygens (including phenoxy) is 2. The van der Waals surface area contributed by atoms with Crippen LogP contribution in [0.25, 0.3) is 0 Å². The number of methoxy groups -OCH3 is 2. The van der Waals surface area contributed by atoms with Crippen LogP contribution in [0.2, 0.25) is 0 Å². The highest BCUT2D eigenvalue weighted by Crippen LogP contribution is 2.39. The molecule has 29 heavy (non-hydrogen) atoms. The van der Waals surface area contributed by atoms with Gasteiger partial charge in [0, 0.05) is 30.1 Å². The van der Waals surface area contributed by atoms with Crippen LogP contribution in [0.1, 0.15) is 28.3 Å². The molecular weight excluding hydrogens is 370 g/mol. The molecule has 2 N–H and O–H groups in total. The molecule has 0 spiro atoms. The molecule has 0 saturated carbocycles. The van der Waals surface area contributed by atoms with E-state index in [2.05, 4.69) is 10.6 Å². The van der Waals surface area contributed by atoms with Crippen LogP contribution in [0.15, 0.2) is 54.9 Å². The lowest BCUT2D eigenvalue weighted by Gasteiger charge is -2.39. The Labute approximate surface area is 169 Å². The number of rotatable bonds is 5. The molecule has 150 valence electrons. The van der Waals surface area contributed by atoms with Crippen molar-refractivity contribution in [1.29, 1.82) is 0 Å². The van der Waals surface area contributed by atoms with E-state index in [4.69, 9.17) is 9.47 Å². The van der Waals surface area contributed by atoms with Gasteiger partial charge >= 0.3 is 0 Å². The molecule has 0 aromatic heterocycles. The maximum absolute atomic E-state index is 13.4. The van der Waals surface area contributed by atoms with E-state index in [-0.39, 0.29) is 24.3 Å². The molecule has 2 aliphatic rings.